The molecule has 0 spiro atoms. The summed E-state index contributed by atoms with van der Waals surface area (Å²) in [4.78, 5) is 24.3. The minimum atomic E-state index is -4.42. The molecule has 0 radical (unpaired) electrons. The van der Waals surface area contributed by atoms with Crippen LogP contribution in [-0.2, 0) is 22.3 Å². The van der Waals surface area contributed by atoms with Gasteiger partial charge < -0.3 is 19.3 Å². The number of hydrogen-bond acceptors (Lipinski definition) is 6. The summed E-state index contributed by atoms with van der Waals surface area (Å²) in [6, 6.07) is 12.1. The Morgan fingerprint density at radius 1 is 1.09 bits per heavy atom. The number of carbonyl (C=O) groups is 2. The predicted molar refractivity (Wildman–Crippen MR) is 116 cm³/mol. The van der Waals surface area contributed by atoms with Crippen molar-refractivity contribution in [1.82, 2.24) is 10.5 Å². The molecule has 1 amide bonds. The summed E-state index contributed by atoms with van der Waals surface area (Å²) in [5.74, 6) is -0.995. The van der Waals surface area contributed by atoms with Gasteiger partial charge in [-0.3, -0.25) is 4.79 Å². The van der Waals surface area contributed by atoms with Crippen LogP contribution in [0.15, 0.2) is 59.1 Å². The smallest absolute Gasteiger partial charge is 0.416 e. The average Bonchev–Trinajstić information content (AvgIpc) is 3.31. The minimum Gasteiger partial charge on any atom is -0.489 e. The van der Waals surface area contributed by atoms with E-state index in [4.69, 9.17) is 14.0 Å². The number of ether oxygens (including phenoxy) is 2. The zero-order valence-corrected chi connectivity index (χ0v) is 18.7. The number of aromatic nitrogens is 1. The van der Waals surface area contributed by atoms with Crippen LogP contribution in [0, 0.1) is 5.92 Å². The van der Waals surface area contributed by atoms with Crippen molar-refractivity contribution in [3.05, 3.63) is 71.5 Å². The van der Waals surface area contributed by atoms with Crippen molar-refractivity contribution in [2.24, 2.45) is 5.92 Å². The van der Waals surface area contributed by atoms with E-state index in [0.717, 1.165) is 12.1 Å². The van der Waals surface area contributed by atoms with Crippen LogP contribution >= 0.6 is 0 Å². The third-order valence-corrected chi connectivity index (χ3v) is 4.95. The standard InChI is InChI=1S/C24H23F3N2O5/c1-14(2)21(23(31)32-3)28-22(30)20-12-19(29-34-20)16-7-9-18(10-8-16)33-13-15-5-4-6-17(11-15)24(25,26)27/h4-12,14,21H,13H2,1-3H3,(H,28,30). The summed E-state index contributed by atoms with van der Waals surface area (Å²) < 4.78 is 53.9. The number of methoxy groups -OCH3 is 1. The fraction of sp³-hybridized carbons (Fsp3) is 0.292. The Bertz CT molecular complexity index is 1140. The first kappa shape index (κ1) is 24.8. The number of benzene rings is 2. The Labute approximate surface area is 193 Å². The van der Waals surface area contributed by atoms with Gasteiger partial charge in [-0.2, -0.15) is 13.2 Å². The van der Waals surface area contributed by atoms with E-state index in [0.29, 0.717) is 22.6 Å². The highest BCUT2D eigenvalue weighted by atomic mass is 19.4. The molecule has 0 aliphatic rings. The molecule has 34 heavy (non-hydrogen) atoms. The third-order valence-electron chi connectivity index (χ3n) is 4.95. The molecule has 180 valence electrons. The highest BCUT2D eigenvalue weighted by Crippen LogP contribution is 2.30. The maximum atomic E-state index is 12.8. The van der Waals surface area contributed by atoms with E-state index in [9.17, 15) is 22.8 Å². The first-order valence-corrected chi connectivity index (χ1v) is 10.3. The highest BCUT2D eigenvalue weighted by Gasteiger charge is 2.30. The Morgan fingerprint density at radius 2 is 1.79 bits per heavy atom. The van der Waals surface area contributed by atoms with Gasteiger partial charge in [0, 0.05) is 11.6 Å². The largest absolute Gasteiger partial charge is 0.489 e. The third kappa shape index (κ3) is 6.15. The maximum absolute atomic E-state index is 12.8. The van der Waals surface area contributed by atoms with Gasteiger partial charge in [0.15, 0.2) is 0 Å². The summed E-state index contributed by atoms with van der Waals surface area (Å²) in [7, 11) is 1.24. The highest BCUT2D eigenvalue weighted by molar-refractivity contribution is 5.95. The Hall–Kier alpha value is -3.82. The van der Waals surface area contributed by atoms with Gasteiger partial charge in [0.2, 0.25) is 5.76 Å². The number of nitrogens with zero attached hydrogens (tertiary/aromatic N) is 1. The molecule has 0 aliphatic heterocycles. The second kappa shape index (κ2) is 10.4. The molecule has 3 aromatic rings. The molecule has 3 rings (SSSR count). The topological polar surface area (TPSA) is 90.7 Å². The summed E-state index contributed by atoms with van der Waals surface area (Å²) in [6.07, 6.45) is -4.42. The Balaban J connectivity index is 1.63. The molecule has 0 saturated carbocycles. The number of hydrogen-bond donors (Lipinski definition) is 1. The molecular formula is C24H23F3N2O5. The molecule has 0 bridgehead atoms. The summed E-state index contributed by atoms with van der Waals surface area (Å²) in [5, 5.41) is 6.45. The van der Waals surface area contributed by atoms with Crippen molar-refractivity contribution >= 4 is 11.9 Å². The first-order chi connectivity index (χ1) is 16.1. The van der Waals surface area contributed by atoms with Gasteiger partial charge in [-0.25, -0.2) is 4.79 Å². The molecule has 2 aromatic carbocycles. The van der Waals surface area contributed by atoms with E-state index in [1.807, 2.05) is 0 Å². The van der Waals surface area contributed by atoms with Crippen molar-refractivity contribution in [2.45, 2.75) is 32.7 Å². The second-order valence-electron chi connectivity index (χ2n) is 7.81. The number of carbonyl (C=O) groups excluding carboxylic acids is 2. The van der Waals surface area contributed by atoms with Gasteiger partial charge in [-0.05, 0) is 47.9 Å². The van der Waals surface area contributed by atoms with Crippen LogP contribution < -0.4 is 10.1 Å². The summed E-state index contributed by atoms with van der Waals surface area (Å²) >= 11 is 0. The van der Waals surface area contributed by atoms with Gasteiger partial charge in [0.25, 0.3) is 5.91 Å². The first-order valence-electron chi connectivity index (χ1n) is 10.3. The molecule has 10 heteroatoms. The molecule has 7 nitrogen and oxygen atoms in total. The zero-order valence-electron chi connectivity index (χ0n) is 18.7. The lowest BCUT2D eigenvalue weighted by Gasteiger charge is -2.18. The van der Waals surface area contributed by atoms with E-state index in [-0.39, 0.29) is 18.3 Å². The zero-order chi connectivity index (χ0) is 24.9. The van der Waals surface area contributed by atoms with Crippen molar-refractivity contribution in [2.75, 3.05) is 7.11 Å². The predicted octanol–water partition coefficient (Wildman–Crippen LogP) is 4.87. The van der Waals surface area contributed by atoms with Crippen LogP contribution in [0.5, 0.6) is 5.75 Å². The van der Waals surface area contributed by atoms with Crippen LogP contribution in [0.4, 0.5) is 13.2 Å². The molecular weight excluding hydrogens is 453 g/mol. The van der Waals surface area contributed by atoms with Crippen molar-refractivity contribution in [1.29, 1.82) is 0 Å². The van der Waals surface area contributed by atoms with Gasteiger partial charge in [-0.15, -0.1) is 0 Å². The number of rotatable bonds is 8. The summed E-state index contributed by atoms with van der Waals surface area (Å²) in [6.45, 7) is 3.50. The number of amides is 1. The fourth-order valence-electron chi connectivity index (χ4n) is 3.08. The molecule has 1 unspecified atom stereocenters. The minimum absolute atomic E-state index is 0.0330. The number of esters is 1. The van der Waals surface area contributed by atoms with Crippen molar-refractivity contribution < 1.29 is 36.8 Å². The molecule has 0 saturated heterocycles. The quantitative estimate of drug-likeness (QED) is 0.467. The Kier molecular flexibility index (Phi) is 7.60. The summed E-state index contributed by atoms with van der Waals surface area (Å²) in [5.41, 5.74) is 0.662. The van der Waals surface area contributed by atoms with Gasteiger partial charge in [-0.1, -0.05) is 31.1 Å². The molecule has 0 fully saturated rings. The van der Waals surface area contributed by atoms with Crippen LogP contribution in [0.2, 0.25) is 0 Å². The monoisotopic (exact) mass is 476 g/mol. The SMILES string of the molecule is COC(=O)C(NC(=O)c1cc(-c2ccc(OCc3cccc(C(F)(F)F)c3)cc2)no1)C(C)C. The molecule has 1 atom stereocenters. The van der Waals surface area contributed by atoms with Crippen LogP contribution in [0.3, 0.4) is 0 Å². The number of halogens is 3. The van der Waals surface area contributed by atoms with Gasteiger partial charge in [0.05, 0.1) is 12.7 Å². The number of nitrogens with one attached hydrogen (secondary N) is 1. The van der Waals surface area contributed by atoms with Crippen molar-refractivity contribution in [3.63, 3.8) is 0 Å². The lowest BCUT2D eigenvalue weighted by atomic mass is 10.0. The van der Waals surface area contributed by atoms with Crippen LogP contribution in [0.25, 0.3) is 11.3 Å². The fourth-order valence-corrected chi connectivity index (χ4v) is 3.08. The van der Waals surface area contributed by atoms with E-state index >= 15 is 0 Å². The molecule has 1 aromatic heterocycles. The maximum Gasteiger partial charge on any atom is 0.416 e. The second-order valence-corrected chi connectivity index (χ2v) is 7.81. The molecule has 0 aliphatic carbocycles. The number of alkyl halides is 3. The van der Waals surface area contributed by atoms with Crippen LogP contribution in [0.1, 0.15) is 35.5 Å². The van der Waals surface area contributed by atoms with Crippen molar-refractivity contribution in [3.8, 4) is 17.0 Å². The normalized spacial score (nSPS) is 12.3. The van der Waals surface area contributed by atoms with E-state index in [2.05, 4.69) is 10.5 Å². The van der Waals surface area contributed by atoms with Gasteiger partial charge in [0.1, 0.15) is 24.1 Å². The van der Waals surface area contributed by atoms with E-state index in [1.54, 1.807) is 44.2 Å². The lowest BCUT2D eigenvalue weighted by Crippen LogP contribution is -2.44. The van der Waals surface area contributed by atoms with E-state index < -0.39 is 29.7 Å². The van der Waals surface area contributed by atoms with Gasteiger partial charge >= 0.3 is 12.1 Å². The lowest BCUT2D eigenvalue weighted by molar-refractivity contribution is -0.144. The average molecular weight is 476 g/mol. The van der Waals surface area contributed by atoms with Crippen LogP contribution in [-0.4, -0.2) is 30.2 Å². The molecule has 1 N–H and O–H groups in total. The molecule has 1 heterocycles. The van der Waals surface area contributed by atoms with E-state index in [1.165, 1.54) is 19.2 Å². The Morgan fingerprint density at radius 3 is 2.41 bits per heavy atom.